The number of carbonyl (C=O) groups excluding carboxylic acids is 1. The summed E-state index contributed by atoms with van der Waals surface area (Å²) in [7, 11) is 4.69. The molecular weight excluding hydrogens is 410 g/mol. The zero-order valence-electron chi connectivity index (χ0n) is 18.2. The third-order valence-corrected chi connectivity index (χ3v) is 4.83. The first kappa shape index (κ1) is 21.0. The molecule has 2 aromatic carbocycles. The Hall–Kier alpha value is -4.27. The molecule has 0 aliphatic rings. The van der Waals surface area contributed by atoms with Crippen LogP contribution in [0.4, 0.5) is 17.2 Å². The number of hydrogen-bond acceptors (Lipinski definition) is 7. The number of methoxy groups -OCH3 is 3. The SMILES string of the molecule is COc1cc(Nc2nccn3c(-c4cccc(NC(C)=O)c4)cnc23)cc(OC)c1OC. The van der Waals surface area contributed by atoms with Crippen molar-refractivity contribution >= 4 is 28.7 Å². The number of fused-ring (bicyclic) bond motifs is 1. The Labute approximate surface area is 185 Å². The molecule has 0 saturated heterocycles. The van der Waals surface area contributed by atoms with Crippen LogP contribution < -0.4 is 24.8 Å². The second kappa shape index (κ2) is 8.84. The maximum atomic E-state index is 11.4. The molecule has 0 radical (unpaired) electrons. The van der Waals surface area contributed by atoms with Gasteiger partial charge in [-0.3, -0.25) is 9.20 Å². The summed E-state index contributed by atoms with van der Waals surface area (Å²) in [5.41, 5.74) is 3.84. The number of ether oxygens (including phenoxy) is 3. The lowest BCUT2D eigenvalue weighted by atomic mass is 10.1. The summed E-state index contributed by atoms with van der Waals surface area (Å²) in [5, 5.41) is 6.09. The zero-order chi connectivity index (χ0) is 22.7. The quantitative estimate of drug-likeness (QED) is 0.452. The lowest BCUT2D eigenvalue weighted by molar-refractivity contribution is -0.114. The minimum absolute atomic E-state index is 0.124. The third-order valence-electron chi connectivity index (χ3n) is 4.83. The van der Waals surface area contributed by atoms with Gasteiger partial charge in [0.15, 0.2) is 23.0 Å². The van der Waals surface area contributed by atoms with E-state index in [1.807, 2.05) is 34.9 Å². The molecule has 2 heterocycles. The van der Waals surface area contributed by atoms with Crippen molar-refractivity contribution in [3.63, 3.8) is 0 Å². The van der Waals surface area contributed by atoms with Crippen molar-refractivity contribution in [2.75, 3.05) is 32.0 Å². The van der Waals surface area contributed by atoms with Gasteiger partial charge in [-0.15, -0.1) is 0 Å². The minimum atomic E-state index is -0.124. The summed E-state index contributed by atoms with van der Waals surface area (Å²) >= 11 is 0. The standard InChI is InChI=1S/C23H23N5O4/c1-14(29)26-16-7-5-6-15(10-16)18-13-25-23-22(24-8-9-28(18)23)27-17-11-19(30-2)21(32-4)20(12-17)31-3/h5-13H,1-4H3,(H,24,27)(H,26,29). The second-order valence-corrected chi connectivity index (χ2v) is 6.91. The molecule has 0 unspecified atom stereocenters. The summed E-state index contributed by atoms with van der Waals surface area (Å²) in [6, 6.07) is 11.2. The molecule has 0 bridgehead atoms. The fourth-order valence-electron chi connectivity index (χ4n) is 3.47. The van der Waals surface area contributed by atoms with Gasteiger partial charge in [-0.05, 0) is 12.1 Å². The molecule has 32 heavy (non-hydrogen) atoms. The van der Waals surface area contributed by atoms with Crippen LogP contribution in [0.25, 0.3) is 16.9 Å². The molecule has 2 aromatic heterocycles. The van der Waals surface area contributed by atoms with E-state index in [-0.39, 0.29) is 5.91 Å². The fraction of sp³-hybridized carbons (Fsp3) is 0.174. The summed E-state index contributed by atoms with van der Waals surface area (Å²) in [6.07, 6.45) is 5.30. The average molecular weight is 433 g/mol. The van der Waals surface area contributed by atoms with Crippen molar-refractivity contribution in [3.05, 3.63) is 55.0 Å². The molecule has 0 saturated carbocycles. The van der Waals surface area contributed by atoms with E-state index in [2.05, 4.69) is 20.6 Å². The summed E-state index contributed by atoms with van der Waals surface area (Å²) in [4.78, 5) is 20.4. The topological polar surface area (TPSA) is 99.0 Å². The Balaban J connectivity index is 1.73. The van der Waals surface area contributed by atoms with Crippen molar-refractivity contribution < 1.29 is 19.0 Å². The van der Waals surface area contributed by atoms with Gasteiger partial charge in [0.1, 0.15) is 0 Å². The molecule has 4 rings (SSSR count). The minimum Gasteiger partial charge on any atom is -0.493 e. The van der Waals surface area contributed by atoms with Gasteiger partial charge in [0.05, 0.1) is 33.2 Å². The van der Waals surface area contributed by atoms with Crippen LogP contribution in [0.3, 0.4) is 0 Å². The first-order valence-corrected chi connectivity index (χ1v) is 9.81. The number of nitrogens with one attached hydrogen (secondary N) is 2. The zero-order valence-corrected chi connectivity index (χ0v) is 18.2. The fourth-order valence-corrected chi connectivity index (χ4v) is 3.47. The maximum Gasteiger partial charge on any atom is 0.221 e. The number of hydrogen-bond donors (Lipinski definition) is 2. The van der Waals surface area contributed by atoms with Crippen LogP contribution in [-0.4, -0.2) is 41.6 Å². The van der Waals surface area contributed by atoms with E-state index in [1.54, 1.807) is 45.9 Å². The molecule has 4 aromatic rings. The van der Waals surface area contributed by atoms with E-state index in [4.69, 9.17) is 14.2 Å². The normalized spacial score (nSPS) is 10.6. The molecule has 1 amide bonds. The molecular formula is C23H23N5O4. The highest BCUT2D eigenvalue weighted by atomic mass is 16.5. The Kier molecular flexibility index (Phi) is 5.80. The number of aromatic nitrogens is 3. The monoisotopic (exact) mass is 433 g/mol. The summed E-state index contributed by atoms with van der Waals surface area (Å²) in [5.74, 6) is 2.00. The van der Waals surface area contributed by atoms with Gasteiger partial charge in [0.25, 0.3) is 0 Å². The number of carbonyl (C=O) groups is 1. The molecule has 0 aliphatic heterocycles. The summed E-state index contributed by atoms with van der Waals surface area (Å²) in [6.45, 7) is 1.48. The first-order valence-electron chi connectivity index (χ1n) is 9.81. The number of imidazole rings is 1. The third kappa shape index (κ3) is 4.00. The first-order chi connectivity index (χ1) is 15.5. The van der Waals surface area contributed by atoms with Crippen LogP contribution in [0.5, 0.6) is 17.2 Å². The Morgan fingerprint density at radius 2 is 1.72 bits per heavy atom. The average Bonchev–Trinajstić information content (AvgIpc) is 3.23. The van der Waals surface area contributed by atoms with Gasteiger partial charge in [-0.1, -0.05) is 12.1 Å². The van der Waals surface area contributed by atoms with Crippen molar-refractivity contribution in [2.24, 2.45) is 0 Å². The highest BCUT2D eigenvalue weighted by molar-refractivity contribution is 5.89. The summed E-state index contributed by atoms with van der Waals surface area (Å²) < 4.78 is 18.2. The number of anilines is 3. The van der Waals surface area contributed by atoms with Crippen LogP contribution >= 0.6 is 0 Å². The number of amides is 1. The van der Waals surface area contributed by atoms with Crippen LogP contribution in [0, 0.1) is 0 Å². The molecule has 0 aliphatic carbocycles. The molecule has 2 N–H and O–H groups in total. The van der Waals surface area contributed by atoms with Gasteiger partial charge < -0.3 is 24.8 Å². The lowest BCUT2D eigenvalue weighted by Gasteiger charge is -2.15. The van der Waals surface area contributed by atoms with Gasteiger partial charge in [-0.2, -0.15) is 0 Å². The van der Waals surface area contributed by atoms with Gasteiger partial charge in [-0.25, -0.2) is 9.97 Å². The van der Waals surface area contributed by atoms with Crippen molar-refractivity contribution in [1.29, 1.82) is 0 Å². The molecule has 9 nitrogen and oxygen atoms in total. The Bertz CT molecular complexity index is 1260. The molecule has 9 heteroatoms. The molecule has 0 fully saturated rings. The molecule has 0 spiro atoms. The maximum absolute atomic E-state index is 11.4. The number of rotatable bonds is 7. The highest BCUT2D eigenvalue weighted by Crippen LogP contribution is 2.40. The van der Waals surface area contributed by atoms with Gasteiger partial charge in [0, 0.05) is 48.4 Å². The van der Waals surface area contributed by atoms with Crippen LogP contribution in [0.1, 0.15) is 6.92 Å². The van der Waals surface area contributed by atoms with Crippen molar-refractivity contribution in [1.82, 2.24) is 14.4 Å². The predicted octanol–water partition coefficient (Wildman–Crippen LogP) is 4.12. The van der Waals surface area contributed by atoms with E-state index < -0.39 is 0 Å². The van der Waals surface area contributed by atoms with E-state index in [1.165, 1.54) is 6.92 Å². The molecule has 164 valence electrons. The van der Waals surface area contributed by atoms with Gasteiger partial charge in [0.2, 0.25) is 11.7 Å². The second-order valence-electron chi connectivity index (χ2n) is 6.91. The van der Waals surface area contributed by atoms with E-state index in [0.717, 1.165) is 16.9 Å². The van der Waals surface area contributed by atoms with Crippen LogP contribution in [0.2, 0.25) is 0 Å². The predicted molar refractivity (Wildman–Crippen MR) is 122 cm³/mol. The van der Waals surface area contributed by atoms with Crippen LogP contribution in [0.15, 0.2) is 55.0 Å². The number of nitrogens with zero attached hydrogens (tertiary/aromatic N) is 3. The smallest absolute Gasteiger partial charge is 0.221 e. The Morgan fingerprint density at radius 1 is 0.969 bits per heavy atom. The number of benzene rings is 2. The largest absolute Gasteiger partial charge is 0.493 e. The van der Waals surface area contributed by atoms with E-state index >= 15 is 0 Å². The van der Waals surface area contributed by atoms with E-state index in [9.17, 15) is 4.79 Å². The van der Waals surface area contributed by atoms with Crippen molar-refractivity contribution in [2.45, 2.75) is 6.92 Å². The molecule has 0 atom stereocenters. The highest BCUT2D eigenvalue weighted by Gasteiger charge is 2.16. The lowest BCUT2D eigenvalue weighted by Crippen LogP contribution is -2.05. The van der Waals surface area contributed by atoms with E-state index in [0.29, 0.717) is 34.4 Å². The van der Waals surface area contributed by atoms with Crippen molar-refractivity contribution in [3.8, 4) is 28.5 Å². The van der Waals surface area contributed by atoms with Crippen LogP contribution in [-0.2, 0) is 4.79 Å². The Morgan fingerprint density at radius 3 is 2.38 bits per heavy atom. The van der Waals surface area contributed by atoms with Gasteiger partial charge >= 0.3 is 0 Å².